The first-order valence-electron chi connectivity index (χ1n) is 5.93. The third kappa shape index (κ3) is 1.85. The quantitative estimate of drug-likeness (QED) is 0.810. The van der Waals surface area contributed by atoms with Gasteiger partial charge in [-0.3, -0.25) is 4.90 Å². The number of fused-ring (bicyclic) bond motifs is 3. The van der Waals surface area contributed by atoms with Crippen LogP contribution in [-0.2, 0) is 0 Å². The van der Waals surface area contributed by atoms with Crippen molar-refractivity contribution in [2.75, 3.05) is 25.4 Å². The second-order valence-electron chi connectivity index (χ2n) is 4.70. The SMILES string of the molecule is Nc1cccc(OC2CN3CCC2CC3)n1. The normalized spacial score (nSPS) is 32.6. The van der Waals surface area contributed by atoms with E-state index in [0.29, 0.717) is 23.7 Å². The number of nitrogens with zero attached hydrogens (tertiary/aromatic N) is 2. The number of aromatic nitrogens is 1. The van der Waals surface area contributed by atoms with E-state index in [1.165, 1.54) is 25.9 Å². The van der Waals surface area contributed by atoms with Gasteiger partial charge < -0.3 is 10.5 Å². The summed E-state index contributed by atoms with van der Waals surface area (Å²) in [6, 6.07) is 5.55. The van der Waals surface area contributed by atoms with Gasteiger partial charge in [-0.2, -0.15) is 4.98 Å². The molecule has 1 aromatic rings. The van der Waals surface area contributed by atoms with E-state index >= 15 is 0 Å². The highest BCUT2D eigenvalue weighted by Crippen LogP contribution is 2.30. The summed E-state index contributed by atoms with van der Waals surface area (Å²) in [6.07, 6.45) is 2.82. The van der Waals surface area contributed by atoms with Gasteiger partial charge in [0, 0.05) is 12.6 Å². The maximum atomic E-state index is 5.94. The van der Waals surface area contributed by atoms with Crippen molar-refractivity contribution in [3.05, 3.63) is 18.2 Å². The Bertz CT molecular complexity index is 374. The molecule has 4 nitrogen and oxygen atoms in total. The van der Waals surface area contributed by atoms with Crippen LogP contribution >= 0.6 is 0 Å². The Morgan fingerprint density at radius 2 is 2.12 bits per heavy atom. The lowest BCUT2D eigenvalue weighted by atomic mass is 9.86. The molecular weight excluding hydrogens is 202 g/mol. The van der Waals surface area contributed by atoms with Crippen LogP contribution in [0.15, 0.2) is 18.2 Å². The Balaban J connectivity index is 1.71. The predicted molar refractivity (Wildman–Crippen MR) is 62.2 cm³/mol. The number of anilines is 1. The van der Waals surface area contributed by atoms with Gasteiger partial charge in [-0.15, -0.1) is 0 Å². The molecule has 1 unspecified atom stereocenters. The highest BCUT2D eigenvalue weighted by molar-refractivity contribution is 5.31. The molecule has 1 atom stereocenters. The van der Waals surface area contributed by atoms with E-state index < -0.39 is 0 Å². The summed E-state index contributed by atoms with van der Waals surface area (Å²) in [5.41, 5.74) is 5.64. The van der Waals surface area contributed by atoms with E-state index in [2.05, 4.69) is 9.88 Å². The Hall–Kier alpha value is -1.29. The maximum Gasteiger partial charge on any atom is 0.215 e. The summed E-state index contributed by atoms with van der Waals surface area (Å²) in [6.45, 7) is 3.50. The molecule has 3 aliphatic heterocycles. The summed E-state index contributed by atoms with van der Waals surface area (Å²) in [7, 11) is 0. The fourth-order valence-corrected chi connectivity index (χ4v) is 2.70. The molecule has 4 heterocycles. The summed E-state index contributed by atoms with van der Waals surface area (Å²) < 4.78 is 5.94. The Morgan fingerprint density at radius 1 is 1.31 bits per heavy atom. The average molecular weight is 219 g/mol. The number of pyridine rings is 1. The van der Waals surface area contributed by atoms with E-state index in [4.69, 9.17) is 10.5 Å². The molecule has 0 aromatic carbocycles. The van der Waals surface area contributed by atoms with Crippen LogP contribution in [0.4, 0.5) is 5.82 Å². The van der Waals surface area contributed by atoms with Crippen molar-refractivity contribution in [2.45, 2.75) is 18.9 Å². The van der Waals surface area contributed by atoms with Gasteiger partial charge in [-0.25, -0.2) is 0 Å². The molecule has 0 radical (unpaired) electrons. The number of ether oxygens (including phenoxy) is 1. The molecule has 3 fully saturated rings. The zero-order chi connectivity index (χ0) is 11.0. The average Bonchev–Trinajstić information content (AvgIpc) is 2.30. The van der Waals surface area contributed by atoms with Crippen molar-refractivity contribution in [1.82, 2.24) is 9.88 Å². The fraction of sp³-hybridized carbons (Fsp3) is 0.583. The zero-order valence-electron chi connectivity index (χ0n) is 9.30. The van der Waals surface area contributed by atoms with Gasteiger partial charge in [-0.05, 0) is 37.9 Å². The lowest BCUT2D eigenvalue weighted by Crippen LogP contribution is -2.52. The van der Waals surface area contributed by atoms with Crippen LogP contribution < -0.4 is 10.5 Å². The standard InChI is InChI=1S/C12H17N3O/c13-11-2-1-3-12(14-11)16-10-8-15-6-4-9(10)5-7-15/h1-3,9-10H,4-8H2,(H2,13,14). The third-order valence-corrected chi connectivity index (χ3v) is 3.61. The van der Waals surface area contributed by atoms with Crippen LogP contribution in [-0.4, -0.2) is 35.6 Å². The summed E-state index contributed by atoms with van der Waals surface area (Å²) in [4.78, 5) is 6.66. The Labute approximate surface area is 95.4 Å². The lowest BCUT2D eigenvalue weighted by Gasteiger charge is -2.44. The smallest absolute Gasteiger partial charge is 0.215 e. The van der Waals surface area contributed by atoms with Crippen LogP contribution in [0.25, 0.3) is 0 Å². The topological polar surface area (TPSA) is 51.4 Å². The van der Waals surface area contributed by atoms with Crippen molar-refractivity contribution < 1.29 is 4.74 Å². The van der Waals surface area contributed by atoms with Gasteiger partial charge in [0.25, 0.3) is 0 Å². The minimum atomic E-state index is 0.303. The molecule has 86 valence electrons. The second-order valence-corrected chi connectivity index (χ2v) is 4.70. The summed E-state index contributed by atoms with van der Waals surface area (Å²) >= 11 is 0. The van der Waals surface area contributed by atoms with Crippen LogP contribution in [0.1, 0.15) is 12.8 Å². The Kier molecular flexibility index (Phi) is 2.44. The van der Waals surface area contributed by atoms with Gasteiger partial charge in [0.2, 0.25) is 5.88 Å². The number of rotatable bonds is 2. The summed E-state index contributed by atoms with van der Waals surface area (Å²) in [5, 5.41) is 0. The number of nitrogen functional groups attached to an aromatic ring is 1. The summed E-state index contributed by atoms with van der Waals surface area (Å²) in [5.74, 6) is 1.89. The van der Waals surface area contributed by atoms with E-state index in [-0.39, 0.29) is 0 Å². The van der Waals surface area contributed by atoms with Crippen molar-refractivity contribution in [3.8, 4) is 5.88 Å². The molecule has 0 aliphatic carbocycles. The van der Waals surface area contributed by atoms with Crippen LogP contribution in [0.5, 0.6) is 5.88 Å². The third-order valence-electron chi connectivity index (χ3n) is 3.61. The van der Waals surface area contributed by atoms with Gasteiger partial charge >= 0.3 is 0 Å². The Morgan fingerprint density at radius 3 is 2.75 bits per heavy atom. The molecule has 4 heteroatoms. The van der Waals surface area contributed by atoms with Crippen LogP contribution in [0.3, 0.4) is 0 Å². The number of piperidine rings is 3. The first-order chi connectivity index (χ1) is 7.81. The van der Waals surface area contributed by atoms with Gasteiger partial charge in [0.05, 0.1) is 0 Å². The van der Waals surface area contributed by atoms with Crippen molar-refractivity contribution >= 4 is 5.82 Å². The minimum Gasteiger partial charge on any atom is -0.473 e. The fourth-order valence-electron chi connectivity index (χ4n) is 2.70. The predicted octanol–water partition coefficient (Wildman–Crippen LogP) is 1.14. The molecule has 0 spiro atoms. The van der Waals surface area contributed by atoms with E-state index in [1.54, 1.807) is 6.07 Å². The van der Waals surface area contributed by atoms with Gasteiger partial charge in [0.1, 0.15) is 11.9 Å². The molecule has 2 N–H and O–H groups in total. The van der Waals surface area contributed by atoms with Crippen LogP contribution in [0, 0.1) is 5.92 Å². The van der Waals surface area contributed by atoms with Crippen molar-refractivity contribution in [2.24, 2.45) is 5.92 Å². The number of nitrogens with two attached hydrogens (primary N) is 1. The van der Waals surface area contributed by atoms with Gasteiger partial charge in [0.15, 0.2) is 0 Å². The molecule has 4 rings (SSSR count). The van der Waals surface area contributed by atoms with E-state index in [1.807, 2.05) is 12.1 Å². The molecule has 2 bridgehead atoms. The minimum absolute atomic E-state index is 0.303. The molecular formula is C12H17N3O. The van der Waals surface area contributed by atoms with Crippen LogP contribution in [0.2, 0.25) is 0 Å². The van der Waals surface area contributed by atoms with E-state index in [0.717, 1.165) is 6.54 Å². The first kappa shape index (κ1) is 9.90. The molecule has 16 heavy (non-hydrogen) atoms. The van der Waals surface area contributed by atoms with Crippen molar-refractivity contribution in [3.63, 3.8) is 0 Å². The zero-order valence-corrected chi connectivity index (χ0v) is 9.30. The number of hydrogen-bond donors (Lipinski definition) is 1. The highest BCUT2D eigenvalue weighted by Gasteiger charge is 2.35. The van der Waals surface area contributed by atoms with Crippen molar-refractivity contribution in [1.29, 1.82) is 0 Å². The molecule has 3 saturated heterocycles. The molecule has 1 aromatic heterocycles. The molecule has 3 aliphatic rings. The monoisotopic (exact) mass is 219 g/mol. The largest absolute Gasteiger partial charge is 0.473 e. The molecule has 0 saturated carbocycles. The van der Waals surface area contributed by atoms with Gasteiger partial charge in [-0.1, -0.05) is 6.07 Å². The van der Waals surface area contributed by atoms with E-state index in [9.17, 15) is 0 Å². The maximum absolute atomic E-state index is 5.94. The lowest BCUT2D eigenvalue weighted by molar-refractivity contribution is -0.00985. The second kappa shape index (κ2) is 3.94. The highest BCUT2D eigenvalue weighted by atomic mass is 16.5. The number of hydrogen-bond acceptors (Lipinski definition) is 4. The first-order valence-corrected chi connectivity index (χ1v) is 5.93. The molecule has 0 amide bonds.